The predicted molar refractivity (Wildman–Crippen MR) is 177 cm³/mol. The third-order valence-electron chi connectivity index (χ3n) is 9.93. The first kappa shape index (κ1) is 32.1. The Morgan fingerprint density at radius 1 is 1.02 bits per heavy atom. The number of rotatable bonds is 10. The second kappa shape index (κ2) is 13.9. The van der Waals surface area contributed by atoms with E-state index < -0.39 is 5.82 Å². The Hall–Kier alpha value is -3.86. The Kier molecular flexibility index (Phi) is 9.67. The summed E-state index contributed by atoms with van der Waals surface area (Å²) < 4.78 is 20.7. The number of hydrogen-bond acceptors (Lipinski definition) is 9. The molecule has 2 aliphatic heterocycles. The lowest BCUT2D eigenvalue weighted by atomic mass is 9.71. The summed E-state index contributed by atoms with van der Waals surface area (Å²) in [5.74, 6) is 2.22. The third-order valence-corrected chi connectivity index (χ3v) is 9.93. The van der Waals surface area contributed by atoms with Crippen LogP contribution in [0, 0.1) is 17.2 Å². The number of halogens is 1. The van der Waals surface area contributed by atoms with Crippen molar-refractivity contribution < 1.29 is 13.9 Å². The van der Waals surface area contributed by atoms with E-state index in [1.165, 1.54) is 69.6 Å². The molecule has 1 N–H and O–H groups in total. The van der Waals surface area contributed by atoms with Gasteiger partial charge in [0.1, 0.15) is 17.9 Å². The standard InChI is InChI=1S/C35H47FN8O2/c1-24(2)44(25(3)4)33(45)29-18-27(36)8-11-30(29)46-31-19-37-23-40-32(31)43-21-35(22-43)12-16-42(17-13-35)20-26-6-9-28(10-7-26)41-34-38-14-5-15-39-34/h5,8,11,14-15,18-19,23-26,28H,6-7,9-10,12-13,16-17,20-22H2,1-4H3,(H,38,39,41). The molecule has 2 aromatic heterocycles. The first-order valence-electron chi connectivity index (χ1n) is 16.8. The van der Waals surface area contributed by atoms with E-state index in [2.05, 4.69) is 35.1 Å². The highest BCUT2D eigenvalue weighted by Gasteiger charge is 2.46. The van der Waals surface area contributed by atoms with Crippen molar-refractivity contribution in [3.05, 3.63) is 60.6 Å². The molecule has 10 nitrogen and oxygen atoms in total. The van der Waals surface area contributed by atoms with Gasteiger partial charge in [-0.25, -0.2) is 24.3 Å². The van der Waals surface area contributed by atoms with Crippen LogP contribution < -0.4 is 15.0 Å². The molecule has 1 aliphatic carbocycles. The average Bonchev–Trinajstić information content (AvgIpc) is 3.03. The Bertz CT molecular complexity index is 1460. The zero-order valence-corrected chi connectivity index (χ0v) is 27.5. The highest BCUT2D eigenvalue weighted by Crippen LogP contribution is 2.45. The van der Waals surface area contributed by atoms with Gasteiger partial charge in [0.2, 0.25) is 5.95 Å². The van der Waals surface area contributed by atoms with Gasteiger partial charge in [-0.3, -0.25) is 4.79 Å². The van der Waals surface area contributed by atoms with Crippen LogP contribution in [0.4, 0.5) is 16.2 Å². The maximum Gasteiger partial charge on any atom is 0.258 e. The summed E-state index contributed by atoms with van der Waals surface area (Å²) >= 11 is 0. The van der Waals surface area contributed by atoms with Crippen molar-refractivity contribution in [2.45, 2.75) is 84.3 Å². The molecule has 2 saturated heterocycles. The maximum atomic E-state index is 14.4. The number of anilines is 2. The predicted octanol–water partition coefficient (Wildman–Crippen LogP) is 6.03. The molecule has 1 aromatic carbocycles. The highest BCUT2D eigenvalue weighted by atomic mass is 19.1. The van der Waals surface area contributed by atoms with Gasteiger partial charge in [-0.15, -0.1) is 0 Å². The van der Waals surface area contributed by atoms with Crippen LogP contribution in [0.15, 0.2) is 49.2 Å². The van der Waals surface area contributed by atoms with Crippen molar-refractivity contribution in [1.82, 2.24) is 29.7 Å². The summed E-state index contributed by atoms with van der Waals surface area (Å²) in [6, 6.07) is 6.31. The van der Waals surface area contributed by atoms with Crippen molar-refractivity contribution in [2.75, 3.05) is 42.9 Å². The lowest BCUT2D eigenvalue weighted by Crippen LogP contribution is -2.61. The van der Waals surface area contributed by atoms with E-state index in [0.29, 0.717) is 23.4 Å². The molecule has 0 atom stereocenters. The first-order valence-corrected chi connectivity index (χ1v) is 16.8. The molecular formula is C35H47FN8O2. The van der Waals surface area contributed by atoms with Gasteiger partial charge in [0.15, 0.2) is 11.6 Å². The number of carbonyl (C=O) groups excluding carboxylic acids is 1. The minimum Gasteiger partial charge on any atom is -0.451 e. The summed E-state index contributed by atoms with van der Waals surface area (Å²) in [6.45, 7) is 13.1. The molecule has 11 heteroatoms. The Morgan fingerprint density at radius 2 is 1.72 bits per heavy atom. The van der Waals surface area contributed by atoms with Gasteiger partial charge in [0.05, 0.1) is 11.8 Å². The smallest absolute Gasteiger partial charge is 0.258 e. The minimum absolute atomic E-state index is 0.0456. The zero-order chi connectivity index (χ0) is 32.3. The Balaban J connectivity index is 1.02. The fraction of sp³-hybridized carbons (Fsp3) is 0.571. The summed E-state index contributed by atoms with van der Waals surface area (Å²) in [5.41, 5.74) is 0.474. The van der Waals surface area contributed by atoms with Crippen LogP contribution in [-0.4, -0.2) is 86.5 Å². The van der Waals surface area contributed by atoms with Crippen LogP contribution in [0.2, 0.25) is 0 Å². The molecule has 3 aliphatic rings. The maximum absolute atomic E-state index is 14.4. The molecule has 6 rings (SSSR count). The molecule has 0 radical (unpaired) electrons. The van der Waals surface area contributed by atoms with Gasteiger partial charge in [-0.2, -0.15) is 0 Å². The van der Waals surface area contributed by atoms with Crippen molar-refractivity contribution in [3.8, 4) is 11.5 Å². The van der Waals surface area contributed by atoms with E-state index in [4.69, 9.17) is 4.74 Å². The van der Waals surface area contributed by atoms with Crippen LogP contribution in [0.5, 0.6) is 11.5 Å². The highest BCUT2D eigenvalue weighted by molar-refractivity contribution is 5.97. The second-order valence-electron chi connectivity index (χ2n) is 13.9. The number of aromatic nitrogens is 4. The van der Waals surface area contributed by atoms with Crippen molar-refractivity contribution in [2.24, 2.45) is 11.3 Å². The molecule has 1 amide bonds. The third kappa shape index (κ3) is 7.24. The van der Waals surface area contributed by atoms with Gasteiger partial charge in [0.25, 0.3) is 5.91 Å². The van der Waals surface area contributed by atoms with Crippen LogP contribution in [0.3, 0.4) is 0 Å². The molecule has 46 heavy (non-hydrogen) atoms. The van der Waals surface area contributed by atoms with E-state index in [0.717, 1.165) is 38.0 Å². The first-order chi connectivity index (χ1) is 22.2. The Labute approximate surface area is 271 Å². The fourth-order valence-corrected chi connectivity index (χ4v) is 7.55. The van der Waals surface area contributed by atoms with Gasteiger partial charge < -0.3 is 24.8 Å². The molecule has 1 saturated carbocycles. The number of nitrogens with one attached hydrogen (secondary N) is 1. The zero-order valence-electron chi connectivity index (χ0n) is 27.5. The Morgan fingerprint density at radius 3 is 2.39 bits per heavy atom. The number of hydrogen-bond donors (Lipinski definition) is 1. The molecule has 3 fully saturated rings. The summed E-state index contributed by atoms with van der Waals surface area (Å²) in [4.78, 5) is 37.6. The van der Waals surface area contributed by atoms with Crippen LogP contribution in [0.1, 0.15) is 76.6 Å². The van der Waals surface area contributed by atoms with Crippen LogP contribution >= 0.6 is 0 Å². The number of likely N-dealkylation sites (tertiary alicyclic amines) is 1. The molecule has 246 valence electrons. The topological polar surface area (TPSA) is 99.6 Å². The number of ether oxygens (including phenoxy) is 1. The van der Waals surface area contributed by atoms with E-state index in [1.54, 1.807) is 23.5 Å². The molecule has 0 unspecified atom stereocenters. The van der Waals surface area contributed by atoms with Crippen LogP contribution in [-0.2, 0) is 0 Å². The SMILES string of the molecule is CC(C)N(C(=O)c1cc(F)ccc1Oc1cncnc1N1CC2(CCN(CC3CCC(Nc4ncccn4)CC3)CC2)C1)C(C)C. The summed E-state index contributed by atoms with van der Waals surface area (Å²) in [6.07, 6.45) is 13.9. The lowest BCUT2D eigenvalue weighted by molar-refractivity contribution is 0.0622. The molecule has 4 heterocycles. The number of amides is 1. The number of piperidine rings is 1. The van der Waals surface area contributed by atoms with Crippen molar-refractivity contribution in [3.63, 3.8) is 0 Å². The van der Waals surface area contributed by atoms with E-state index in [9.17, 15) is 9.18 Å². The lowest BCUT2D eigenvalue weighted by Gasteiger charge is -2.54. The van der Waals surface area contributed by atoms with Crippen LogP contribution in [0.25, 0.3) is 0 Å². The normalized spacial score (nSPS) is 21.3. The largest absolute Gasteiger partial charge is 0.451 e. The van der Waals surface area contributed by atoms with Crippen molar-refractivity contribution >= 4 is 17.7 Å². The van der Waals surface area contributed by atoms with E-state index in [-0.39, 0.29) is 29.0 Å². The summed E-state index contributed by atoms with van der Waals surface area (Å²) in [5, 5.41) is 3.50. The molecule has 1 spiro atoms. The second-order valence-corrected chi connectivity index (χ2v) is 13.9. The van der Waals surface area contributed by atoms with E-state index in [1.807, 2.05) is 33.8 Å². The number of benzene rings is 1. The quantitative estimate of drug-likeness (QED) is 0.288. The average molecular weight is 631 g/mol. The number of carbonyl (C=O) groups is 1. The number of nitrogens with zero attached hydrogens (tertiary/aromatic N) is 7. The molecule has 3 aromatic rings. The van der Waals surface area contributed by atoms with E-state index >= 15 is 0 Å². The van der Waals surface area contributed by atoms with Gasteiger partial charge in [-0.05, 0) is 109 Å². The minimum atomic E-state index is -0.480. The molecule has 0 bridgehead atoms. The summed E-state index contributed by atoms with van der Waals surface area (Å²) in [7, 11) is 0. The van der Waals surface area contributed by atoms with Crippen molar-refractivity contribution in [1.29, 1.82) is 0 Å². The van der Waals surface area contributed by atoms with Gasteiger partial charge in [0, 0.05) is 55.6 Å². The fourth-order valence-electron chi connectivity index (χ4n) is 7.55. The molecular weight excluding hydrogens is 583 g/mol. The monoisotopic (exact) mass is 630 g/mol. The van der Waals surface area contributed by atoms with Gasteiger partial charge >= 0.3 is 0 Å². The van der Waals surface area contributed by atoms with Gasteiger partial charge in [-0.1, -0.05) is 0 Å².